The quantitative estimate of drug-likeness (QED) is 0.0875. The second-order valence-corrected chi connectivity index (χ2v) is 9.09. The fourth-order valence-corrected chi connectivity index (χ4v) is 4.44. The van der Waals surface area contributed by atoms with E-state index in [-0.39, 0.29) is 0 Å². The molecule has 0 fully saturated rings. The van der Waals surface area contributed by atoms with Crippen molar-refractivity contribution < 1.29 is 18.4 Å². The molecule has 0 heterocycles. The number of hydrogen-bond acceptors (Lipinski definition) is 4. The summed E-state index contributed by atoms with van der Waals surface area (Å²) < 4.78 is 25.1. The zero-order valence-corrected chi connectivity index (χ0v) is 19.7. The van der Waals surface area contributed by atoms with Crippen LogP contribution in [0.15, 0.2) is 107 Å². The Balaban J connectivity index is 1.45. The maximum Gasteiger partial charge on any atom is 0.187 e. The van der Waals surface area contributed by atoms with E-state index >= 15 is 0 Å². The minimum absolute atomic E-state index is 0.397. The fourth-order valence-electron chi connectivity index (χ4n) is 3.46. The zero-order valence-electron chi connectivity index (χ0n) is 18.1. The van der Waals surface area contributed by atoms with Gasteiger partial charge in [-0.05, 0) is 45.5 Å². The van der Waals surface area contributed by atoms with Crippen LogP contribution in [0.4, 0.5) is 0 Å². The van der Waals surface area contributed by atoms with Crippen LogP contribution in [0.1, 0.15) is 22.3 Å². The van der Waals surface area contributed by atoms with Crippen molar-refractivity contribution in [2.24, 2.45) is 0 Å². The van der Waals surface area contributed by atoms with Crippen molar-refractivity contribution in [1.29, 1.82) is 0 Å². The Labute approximate surface area is 205 Å². The molecule has 0 spiro atoms. The Hall–Kier alpha value is -3.26. The van der Waals surface area contributed by atoms with Gasteiger partial charge in [0.1, 0.15) is 0 Å². The van der Waals surface area contributed by atoms with E-state index < -0.39 is 11.1 Å². The molecule has 4 rings (SSSR count). The van der Waals surface area contributed by atoms with Gasteiger partial charge in [0.15, 0.2) is 11.1 Å². The molecule has 0 bridgehead atoms. The molecule has 1 atom stereocenters. The molecule has 4 nitrogen and oxygen atoms in total. The molecule has 0 aliphatic carbocycles. The lowest BCUT2D eigenvalue weighted by Gasteiger charge is -2.05. The highest BCUT2D eigenvalue weighted by atomic mass is 32.2. The monoisotopic (exact) mass is 486 g/mol. The second-order valence-electron chi connectivity index (χ2n) is 7.39. The van der Waals surface area contributed by atoms with Gasteiger partial charge in [-0.15, -0.1) is 0 Å². The van der Waals surface area contributed by atoms with Crippen LogP contribution in [-0.4, -0.2) is 14.0 Å². The van der Waals surface area contributed by atoms with Crippen LogP contribution in [0.5, 0.6) is 0 Å². The summed E-state index contributed by atoms with van der Waals surface area (Å²) in [4.78, 5) is 1.23. The predicted molar refractivity (Wildman–Crippen MR) is 141 cm³/mol. The van der Waals surface area contributed by atoms with Gasteiger partial charge >= 0.3 is 0 Å². The van der Waals surface area contributed by atoms with Gasteiger partial charge in [-0.1, -0.05) is 109 Å². The van der Waals surface area contributed by atoms with Crippen molar-refractivity contribution in [3.63, 3.8) is 0 Å². The van der Waals surface area contributed by atoms with Crippen molar-refractivity contribution in [2.45, 2.75) is 9.79 Å². The van der Waals surface area contributed by atoms with Gasteiger partial charge in [0.05, 0.1) is 16.9 Å². The summed E-state index contributed by atoms with van der Waals surface area (Å²) in [5, 5.41) is 8.71. The molecule has 0 aliphatic heterocycles. The molecular weight excluding hydrogens is 464 g/mol. The van der Waals surface area contributed by atoms with Crippen molar-refractivity contribution in [2.75, 3.05) is 0 Å². The third-order valence-corrected chi connectivity index (χ3v) is 6.59. The molecule has 0 saturated heterocycles. The minimum Gasteiger partial charge on any atom is -0.302 e. The molecule has 0 aliphatic rings. The maximum absolute atomic E-state index is 11.5. The lowest BCUT2D eigenvalue weighted by molar-refractivity contribution is -0.116. The summed E-state index contributed by atoms with van der Waals surface area (Å²) in [6, 6.07) is 31.2. The fraction of sp³-hybridized carbons (Fsp3) is 0. The van der Waals surface area contributed by atoms with Crippen molar-refractivity contribution in [1.82, 2.24) is 0 Å². The van der Waals surface area contributed by atoms with Crippen LogP contribution >= 0.6 is 12.0 Å². The topological polar surface area (TPSA) is 66.8 Å². The summed E-state index contributed by atoms with van der Waals surface area (Å²) >= 11 is -1.10. The van der Waals surface area contributed by atoms with Gasteiger partial charge in [0.25, 0.3) is 0 Å². The highest BCUT2D eigenvalue weighted by Crippen LogP contribution is 2.25. The average Bonchev–Trinajstić information content (AvgIpc) is 2.88. The molecular formula is C28H22O4S2. The van der Waals surface area contributed by atoms with Crippen LogP contribution in [0, 0.1) is 0 Å². The maximum atomic E-state index is 11.5. The van der Waals surface area contributed by atoms with Crippen LogP contribution < -0.4 is 0 Å². The molecule has 0 aromatic heterocycles. The lowest BCUT2D eigenvalue weighted by atomic mass is 10.0. The molecule has 34 heavy (non-hydrogen) atoms. The van der Waals surface area contributed by atoms with Gasteiger partial charge < -0.3 is 4.55 Å². The van der Waals surface area contributed by atoms with Crippen molar-refractivity contribution in [3.05, 3.63) is 119 Å². The van der Waals surface area contributed by atoms with Crippen molar-refractivity contribution in [3.8, 4) is 11.1 Å². The average molecular weight is 487 g/mol. The van der Waals surface area contributed by atoms with Gasteiger partial charge in [-0.3, -0.25) is 0 Å². The molecule has 4 aromatic carbocycles. The van der Waals surface area contributed by atoms with E-state index in [1.54, 1.807) is 12.1 Å². The summed E-state index contributed by atoms with van der Waals surface area (Å²) in [5.41, 5.74) is 5.96. The summed E-state index contributed by atoms with van der Waals surface area (Å²) in [6.07, 6.45) is 7.79. The molecule has 6 heteroatoms. The van der Waals surface area contributed by atoms with Crippen molar-refractivity contribution >= 4 is 47.4 Å². The molecule has 2 N–H and O–H groups in total. The SMILES string of the molecule is O=S(O)c1ccccc1/C=C/c1ccc(-c2ccc(/C=C/c3ccccc3SOO)cc2)cc1. The number of hydrogen-bond donors (Lipinski definition) is 2. The Morgan fingerprint density at radius 2 is 1.15 bits per heavy atom. The lowest BCUT2D eigenvalue weighted by Crippen LogP contribution is -1.91. The van der Waals surface area contributed by atoms with Crippen LogP contribution in [0.25, 0.3) is 35.4 Å². The highest BCUT2D eigenvalue weighted by Gasteiger charge is 2.04. The van der Waals surface area contributed by atoms with E-state index in [1.807, 2.05) is 72.8 Å². The van der Waals surface area contributed by atoms with E-state index in [4.69, 9.17) is 5.26 Å². The van der Waals surface area contributed by atoms with E-state index in [0.29, 0.717) is 4.90 Å². The first-order valence-corrected chi connectivity index (χ1v) is 12.3. The largest absolute Gasteiger partial charge is 0.302 e. The highest BCUT2D eigenvalue weighted by molar-refractivity contribution is 7.94. The number of rotatable bonds is 8. The molecule has 1 unspecified atom stereocenters. The Bertz CT molecular complexity index is 1330. The summed E-state index contributed by atoms with van der Waals surface area (Å²) in [7, 11) is 0. The van der Waals surface area contributed by atoms with Gasteiger partial charge in [-0.2, -0.15) is 4.33 Å². The Morgan fingerprint density at radius 1 is 0.647 bits per heavy atom. The van der Waals surface area contributed by atoms with E-state index in [0.717, 1.165) is 50.3 Å². The Kier molecular flexibility index (Phi) is 8.25. The predicted octanol–water partition coefficient (Wildman–Crippen LogP) is 7.77. The number of benzene rings is 4. The normalized spacial score (nSPS) is 12.4. The van der Waals surface area contributed by atoms with E-state index in [9.17, 15) is 8.76 Å². The molecule has 170 valence electrons. The second kappa shape index (κ2) is 11.7. The minimum atomic E-state index is -2.02. The first-order valence-electron chi connectivity index (χ1n) is 10.5. The molecule has 4 aromatic rings. The Morgan fingerprint density at radius 3 is 1.71 bits per heavy atom. The first kappa shape index (κ1) is 23.9. The molecule has 0 saturated carbocycles. The third kappa shape index (κ3) is 6.20. The van der Waals surface area contributed by atoms with Gasteiger partial charge in [0, 0.05) is 4.90 Å². The zero-order chi connectivity index (χ0) is 23.8. The first-order chi connectivity index (χ1) is 16.6. The summed E-state index contributed by atoms with van der Waals surface area (Å²) in [6.45, 7) is 0. The third-order valence-electron chi connectivity index (χ3n) is 5.22. The van der Waals surface area contributed by atoms with E-state index in [1.165, 1.54) is 0 Å². The van der Waals surface area contributed by atoms with Crippen LogP contribution in [-0.2, 0) is 15.4 Å². The van der Waals surface area contributed by atoms with Crippen LogP contribution in [0.3, 0.4) is 0 Å². The standard InChI is InChI=1S/C28H22O4S2/c29-32-33-27-7-3-1-5-25(27)19-13-21-9-15-23(16-10-21)24-17-11-22(12-18-24)14-20-26-6-2-4-8-28(26)34(30)31/h1-20,29H,(H,30,31)/b19-13+,20-14+. The summed E-state index contributed by atoms with van der Waals surface area (Å²) in [5.74, 6) is 0. The van der Waals surface area contributed by atoms with Crippen LogP contribution in [0.2, 0.25) is 0 Å². The molecule has 0 amide bonds. The van der Waals surface area contributed by atoms with E-state index in [2.05, 4.69) is 40.7 Å². The smallest absolute Gasteiger partial charge is 0.187 e. The van der Waals surface area contributed by atoms with Gasteiger partial charge in [-0.25, -0.2) is 9.47 Å². The van der Waals surface area contributed by atoms with Gasteiger partial charge in [0.2, 0.25) is 0 Å². The molecule has 0 radical (unpaired) electrons.